The molecule has 1 fully saturated rings. The van der Waals surface area contributed by atoms with Crippen molar-refractivity contribution in [2.75, 3.05) is 32.5 Å². The number of piperidine rings is 1. The SMILES string of the molecule is CCN=CC(C=N)=C(N)c1cc(C(=N)OC(=N)C2CCCN(Cc3c(F)cccc3OC)C2)ccc1N. The molecule has 2 aromatic rings. The van der Waals surface area contributed by atoms with E-state index in [1.54, 1.807) is 30.3 Å². The zero-order chi connectivity index (χ0) is 26.9. The second-order valence-corrected chi connectivity index (χ2v) is 8.73. The summed E-state index contributed by atoms with van der Waals surface area (Å²) in [6.07, 6.45) is 4.17. The first-order chi connectivity index (χ1) is 17.8. The number of aliphatic imine (C=N–C) groups is 1. The normalized spacial score (nSPS) is 16.8. The van der Waals surface area contributed by atoms with Gasteiger partial charge >= 0.3 is 0 Å². The summed E-state index contributed by atoms with van der Waals surface area (Å²) in [6.45, 7) is 4.06. The van der Waals surface area contributed by atoms with Crippen LogP contribution in [-0.4, -0.2) is 55.9 Å². The quantitative estimate of drug-likeness (QED) is 0.196. The third-order valence-corrected chi connectivity index (χ3v) is 6.25. The van der Waals surface area contributed by atoms with Crippen molar-refractivity contribution in [2.24, 2.45) is 16.6 Å². The van der Waals surface area contributed by atoms with Crippen LogP contribution in [0, 0.1) is 28.0 Å². The van der Waals surface area contributed by atoms with Gasteiger partial charge in [-0.2, -0.15) is 0 Å². The van der Waals surface area contributed by atoms with Crippen molar-refractivity contribution in [1.29, 1.82) is 16.2 Å². The molecule has 9 nitrogen and oxygen atoms in total. The molecule has 1 atom stereocenters. The van der Waals surface area contributed by atoms with Gasteiger partial charge in [-0.25, -0.2) is 4.39 Å². The highest BCUT2D eigenvalue weighted by Crippen LogP contribution is 2.27. The van der Waals surface area contributed by atoms with Gasteiger partial charge in [-0.3, -0.25) is 20.7 Å². The molecule has 2 aromatic carbocycles. The second-order valence-electron chi connectivity index (χ2n) is 8.73. The van der Waals surface area contributed by atoms with E-state index in [1.165, 1.54) is 19.4 Å². The lowest BCUT2D eigenvalue weighted by Crippen LogP contribution is -2.39. The molecular formula is C27H34FN7O2. The molecule has 0 radical (unpaired) electrons. The minimum Gasteiger partial charge on any atom is -0.496 e. The Balaban J connectivity index is 1.72. The van der Waals surface area contributed by atoms with Gasteiger partial charge in [-0.05, 0) is 56.6 Å². The van der Waals surface area contributed by atoms with Gasteiger partial charge in [-0.15, -0.1) is 0 Å². The largest absolute Gasteiger partial charge is 0.496 e. The number of rotatable bonds is 9. The van der Waals surface area contributed by atoms with E-state index < -0.39 is 0 Å². The van der Waals surface area contributed by atoms with Crippen LogP contribution in [0.15, 0.2) is 47.0 Å². The van der Waals surface area contributed by atoms with Crippen LogP contribution < -0.4 is 16.2 Å². The first-order valence-electron chi connectivity index (χ1n) is 12.1. The second kappa shape index (κ2) is 12.8. The number of likely N-dealkylation sites (tertiary alicyclic amines) is 1. The van der Waals surface area contributed by atoms with Crippen molar-refractivity contribution < 1.29 is 13.9 Å². The van der Waals surface area contributed by atoms with E-state index >= 15 is 0 Å². The molecule has 0 aliphatic carbocycles. The van der Waals surface area contributed by atoms with E-state index in [0.29, 0.717) is 53.3 Å². The summed E-state index contributed by atoms with van der Waals surface area (Å²) in [6, 6.07) is 9.61. The first-order valence-corrected chi connectivity index (χ1v) is 12.1. The number of anilines is 1. The molecule has 1 aliphatic heterocycles. The van der Waals surface area contributed by atoms with Crippen LogP contribution in [0.3, 0.4) is 0 Å². The lowest BCUT2D eigenvalue weighted by Gasteiger charge is -2.32. The molecule has 1 heterocycles. The molecule has 0 aromatic heterocycles. The van der Waals surface area contributed by atoms with Gasteiger partial charge in [0.1, 0.15) is 11.6 Å². The fourth-order valence-electron chi connectivity index (χ4n) is 4.23. The molecule has 1 aliphatic rings. The molecule has 0 saturated carbocycles. The van der Waals surface area contributed by atoms with Crippen LogP contribution >= 0.6 is 0 Å². The minimum atomic E-state index is -0.325. The van der Waals surface area contributed by atoms with E-state index in [-0.39, 0.29) is 29.2 Å². The van der Waals surface area contributed by atoms with Gasteiger partial charge < -0.3 is 26.4 Å². The molecule has 196 valence electrons. The Kier molecular flexibility index (Phi) is 9.51. The molecule has 3 rings (SSSR count). The number of benzene rings is 2. The Morgan fingerprint density at radius 3 is 2.76 bits per heavy atom. The van der Waals surface area contributed by atoms with Crippen molar-refractivity contribution in [3.05, 3.63) is 64.5 Å². The number of ether oxygens (including phenoxy) is 2. The Morgan fingerprint density at radius 1 is 1.27 bits per heavy atom. The summed E-state index contributed by atoms with van der Waals surface area (Å²) in [7, 11) is 1.52. The summed E-state index contributed by atoms with van der Waals surface area (Å²) < 4.78 is 25.4. The van der Waals surface area contributed by atoms with Crippen molar-refractivity contribution in [1.82, 2.24) is 4.90 Å². The molecule has 0 amide bonds. The number of nitrogens with zero attached hydrogens (tertiary/aromatic N) is 2. The van der Waals surface area contributed by atoms with Crippen LogP contribution in [0.5, 0.6) is 5.75 Å². The maximum absolute atomic E-state index is 14.4. The molecule has 37 heavy (non-hydrogen) atoms. The molecule has 1 unspecified atom stereocenters. The number of hydrogen-bond acceptors (Lipinski definition) is 9. The van der Waals surface area contributed by atoms with Gasteiger partial charge in [0.15, 0.2) is 5.90 Å². The van der Waals surface area contributed by atoms with Crippen molar-refractivity contribution in [3.63, 3.8) is 0 Å². The van der Waals surface area contributed by atoms with Crippen LogP contribution in [-0.2, 0) is 11.3 Å². The highest BCUT2D eigenvalue weighted by Gasteiger charge is 2.27. The average Bonchev–Trinajstić information content (AvgIpc) is 2.90. The predicted molar refractivity (Wildman–Crippen MR) is 146 cm³/mol. The van der Waals surface area contributed by atoms with E-state index in [4.69, 9.17) is 37.2 Å². The number of nitrogen functional groups attached to an aromatic ring is 1. The summed E-state index contributed by atoms with van der Waals surface area (Å²) in [4.78, 5) is 6.20. The highest BCUT2D eigenvalue weighted by molar-refractivity contribution is 6.11. The maximum atomic E-state index is 14.4. The average molecular weight is 508 g/mol. The highest BCUT2D eigenvalue weighted by atomic mass is 19.1. The number of allylic oxidation sites excluding steroid dienone is 1. The summed E-state index contributed by atoms with van der Waals surface area (Å²) in [5.41, 5.74) is 14.8. The Labute approximate surface area is 216 Å². The molecule has 10 heteroatoms. The minimum absolute atomic E-state index is 0.0210. The first kappa shape index (κ1) is 27.5. The van der Waals surface area contributed by atoms with Gasteiger partial charge in [0.25, 0.3) is 0 Å². The van der Waals surface area contributed by atoms with Crippen molar-refractivity contribution in [2.45, 2.75) is 26.3 Å². The van der Waals surface area contributed by atoms with Crippen LogP contribution in [0.2, 0.25) is 0 Å². The van der Waals surface area contributed by atoms with Gasteiger partial charge in [-0.1, -0.05) is 6.07 Å². The summed E-state index contributed by atoms with van der Waals surface area (Å²) >= 11 is 0. The monoisotopic (exact) mass is 507 g/mol. The smallest absolute Gasteiger partial charge is 0.220 e. The van der Waals surface area contributed by atoms with Crippen LogP contribution in [0.4, 0.5) is 10.1 Å². The van der Waals surface area contributed by atoms with Crippen molar-refractivity contribution in [3.8, 4) is 5.75 Å². The molecule has 7 N–H and O–H groups in total. The van der Waals surface area contributed by atoms with Crippen molar-refractivity contribution >= 4 is 35.6 Å². The predicted octanol–water partition coefficient (Wildman–Crippen LogP) is 4.06. The lowest BCUT2D eigenvalue weighted by molar-refractivity contribution is 0.183. The van der Waals surface area contributed by atoms with Gasteiger partial charge in [0.05, 0.1) is 12.8 Å². The Morgan fingerprint density at radius 2 is 2.05 bits per heavy atom. The summed E-state index contributed by atoms with van der Waals surface area (Å²) in [5, 5.41) is 24.6. The Hall–Kier alpha value is -4.05. The number of methoxy groups -OCH3 is 1. The van der Waals surface area contributed by atoms with Crippen LogP contribution in [0.1, 0.15) is 36.5 Å². The molecule has 1 saturated heterocycles. The topological polar surface area (TPSA) is 158 Å². The van der Waals surface area contributed by atoms with Gasteiger partial charge in [0, 0.05) is 65.9 Å². The lowest BCUT2D eigenvalue weighted by atomic mass is 9.97. The zero-order valence-electron chi connectivity index (χ0n) is 21.2. The third kappa shape index (κ3) is 6.79. The Bertz CT molecular complexity index is 1230. The molecule has 0 spiro atoms. The fourth-order valence-corrected chi connectivity index (χ4v) is 4.23. The number of halogens is 1. The number of nitrogens with two attached hydrogens (primary N) is 2. The van der Waals surface area contributed by atoms with E-state index in [9.17, 15) is 4.39 Å². The van der Waals surface area contributed by atoms with Crippen LogP contribution in [0.25, 0.3) is 5.70 Å². The number of nitrogens with one attached hydrogen (secondary N) is 3. The third-order valence-electron chi connectivity index (χ3n) is 6.25. The van der Waals surface area contributed by atoms with E-state index in [0.717, 1.165) is 25.6 Å². The number of hydrogen-bond donors (Lipinski definition) is 5. The standard InChI is InChI=1S/C27H34FN7O2/c1-3-34-14-19(13-29)25(31)20-12-17(9-10-23(20)30)26(32)37-27(33)18-6-5-11-35(15-18)16-21-22(28)7-4-8-24(21)36-2/h4,7-10,12-14,18,29,32-33H,3,5-6,11,15-16,30-31H2,1-2H3. The van der Waals surface area contributed by atoms with E-state index in [2.05, 4.69) is 9.89 Å². The van der Waals surface area contributed by atoms with E-state index in [1.807, 2.05) is 6.92 Å². The fraction of sp³-hybridized carbons (Fsp3) is 0.333. The molecule has 0 bridgehead atoms. The van der Waals surface area contributed by atoms with Gasteiger partial charge in [0.2, 0.25) is 5.90 Å². The maximum Gasteiger partial charge on any atom is 0.220 e. The zero-order valence-corrected chi connectivity index (χ0v) is 21.2. The molecular weight excluding hydrogens is 473 g/mol. The summed E-state index contributed by atoms with van der Waals surface area (Å²) in [5.74, 6) is -0.290.